The molecule has 0 spiro atoms. The van der Waals surface area contributed by atoms with Gasteiger partial charge in [0.1, 0.15) is 5.69 Å². The molecule has 8 heteroatoms. The lowest BCUT2D eigenvalue weighted by Gasteiger charge is -2.13. The van der Waals surface area contributed by atoms with Crippen molar-refractivity contribution < 1.29 is 23.1 Å². The van der Waals surface area contributed by atoms with Gasteiger partial charge in [0.05, 0.1) is 11.3 Å². The third-order valence-electron chi connectivity index (χ3n) is 3.12. The molecule has 0 fully saturated rings. The molecule has 1 aromatic carbocycles. The van der Waals surface area contributed by atoms with Crippen LogP contribution < -0.4 is 0 Å². The number of aromatic nitrogens is 2. The van der Waals surface area contributed by atoms with Crippen molar-refractivity contribution in [3.63, 3.8) is 0 Å². The molecule has 0 unspecified atom stereocenters. The van der Waals surface area contributed by atoms with Crippen LogP contribution in [-0.2, 0) is 19.6 Å². The van der Waals surface area contributed by atoms with Crippen LogP contribution in [0.2, 0.25) is 0 Å². The number of rotatable bonds is 3. The maximum absolute atomic E-state index is 13.0. The molecule has 4 nitrogen and oxygen atoms in total. The highest BCUT2D eigenvalue weighted by molar-refractivity contribution is 7.71. The van der Waals surface area contributed by atoms with E-state index in [1.807, 2.05) is 0 Å². The first-order chi connectivity index (χ1) is 9.71. The van der Waals surface area contributed by atoms with Gasteiger partial charge in [-0.15, -0.1) is 0 Å². The maximum atomic E-state index is 13.0. The van der Waals surface area contributed by atoms with Crippen molar-refractivity contribution in [2.24, 2.45) is 7.05 Å². The molecule has 0 aliphatic rings. The second-order valence-electron chi connectivity index (χ2n) is 4.45. The average molecular weight is 316 g/mol. The first-order valence-electron chi connectivity index (χ1n) is 5.88. The standard InChI is InChI=1S/C13H11F3N2O2S/c1-18-9(10(11(19)20)17-12(18)21)6-7-4-2-3-5-8(7)13(14,15)16/h2-5H,6H2,1H3,(H,17,21)(H,19,20). The molecular weight excluding hydrogens is 305 g/mol. The number of nitrogens with zero attached hydrogens (tertiary/aromatic N) is 1. The number of nitrogens with one attached hydrogen (secondary N) is 1. The Kier molecular flexibility index (Phi) is 3.91. The largest absolute Gasteiger partial charge is 0.477 e. The van der Waals surface area contributed by atoms with Crippen LogP contribution in [0.3, 0.4) is 0 Å². The molecular formula is C13H11F3N2O2S. The molecule has 0 bridgehead atoms. The van der Waals surface area contributed by atoms with Gasteiger partial charge in [-0.3, -0.25) is 0 Å². The number of halogens is 3. The van der Waals surface area contributed by atoms with Crippen molar-refractivity contribution in [1.29, 1.82) is 0 Å². The first kappa shape index (κ1) is 15.3. The summed E-state index contributed by atoms with van der Waals surface area (Å²) in [5, 5.41) is 9.10. The van der Waals surface area contributed by atoms with E-state index in [2.05, 4.69) is 4.98 Å². The molecule has 2 N–H and O–H groups in total. The molecule has 2 aromatic rings. The summed E-state index contributed by atoms with van der Waals surface area (Å²) in [7, 11) is 1.51. The van der Waals surface area contributed by atoms with Crippen molar-refractivity contribution in [2.45, 2.75) is 12.6 Å². The quantitative estimate of drug-likeness (QED) is 0.853. The van der Waals surface area contributed by atoms with E-state index in [4.69, 9.17) is 17.3 Å². The van der Waals surface area contributed by atoms with Crippen LogP contribution in [0.4, 0.5) is 13.2 Å². The third kappa shape index (κ3) is 2.99. The number of benzene rings is 1. The normalized spacial score (nSPS) is 11.6. The molecule has 0 aliphatic carbocycles. The fraction of sp³-hybridized carbons (Fsp3) is 0.231. The average Bonchev–Trinajstić information content (AvgIpc) is 2.67. The Labute approximate surface area is 122 Å². The van der Waals surface area contributed by atoms with Gasteiger partial charge in [0.15, 0.2) is 4.77 Å². The first-order valence-corrected chi connectivity index (χ1v) is 6.29. The van der Waals surface area contributed by atoms with Crippen LogP contribution in [-0.4, -0.2) is 20.6 Å². The number of carboxylic acid groups (broad SMARTS) is 1. The highest BCUT2D eigenvalue weighted by Crippen LogP contribution is 2.33. The smallest absolute Gasteiger partial charge is 0.416 e. The monoisotopic (exact) mass is 316 g/mol. The topological polar surface area (TPSA) is 58.0 Å². The Morgan fingerprint density at radius 3 is 2.57 bits per heavy atom. The van der Waals surface area contributed by atoms with E-state index in [1.54, 1.807) is 0 Å². The number of hydrogen-bond donors (Lipinski definition) is 2. The number of aromatic carboxylic acids is 1. The van der Waals surface area contributed by atoms with Crippen molar-refractivity contribution in [3.8, 4) is 0 Å². The van der Waals surface area contributed by atoms with Gasteiger partial charge in [-0.2, -0.15) is 13.2 Å². The molecule has 1 aromatic heterocycles. The Morgan fingerprint density at radius 2 is 2.00 bits per heavy atom. The zero-order valence-electron chi connectivity index (χ0n) is 10.9. The Bertz CT molecular complexity index is 747. The Hall–Kier alpha value is -2.09. The van der Waals surface area contributed by atoms with Gasteiger partial charge >= 0.3 is 12.1 Å². The lowest BCUT2D eigenvalue weighted by atomic mass is 10.0. The lowest BCUT2D eigenvalue weighted by Crippen LogP contribution is -2.12. The second-order valence-corrected chi connectivity index (χ2v) is 4.83. The second kappa shape index (κ2) is 5.36. The molecule has 0 atom stereocenters. The van der Waals surface area contributed by atoms with E-state index in [0.717, 1.165) is 6.07 Å². The van der Waals surface area contributed by atoms with E-state index in [1.165, 1.54) is 29.8 Å². The summed E-state index contributed by atoms with van der Waals surface area (Å²) >= 11 is 4.93. The summed E-state index contributed by atoms with van der Waals surface area (Å²) in [5.41, 5.74) is -0.783. The van der Waals surface area contributed by atoms with Crippen LogP contribution in [0.1, 0.15) is 27.3 Å². The van der Waals surface area contributed by atoms with E-state index in [0.29, 0.717) is 0 Å². The van der Waals surface area contributed by atoms with Crippen LogP contribution in [0.25, 0.3) is 0 Å². The molecule has 0 aliphatic heterocycles. The maximum Gasteiger partial charge on any atom is 0.416 e. The molecule has 2 rings (SSSR count). The predicted molar refractivity (Wildman–Crippen MR) is 71.8 cm³/mol. The van der Waals surface area contributed by atoms with Gasteiger partial charge in [0.2, 0.25) is 0 Å². The third-order valence-corrected chi connectivity index (χ3v) is 3.50. The highest BCUT2D eigenvalue weighted by atomic mass is 32.1. The van der Waals surface area contributed by atoms with Crippen molar-refractivity contribution in [1.82, 2.24) is 9.55 Å². The SMILES string of the molecule is Cn1c(Cc2ccccc2C(F)(F)F)c(C(=O)O)[nH]c1=S. The van der Waals surface area contributed by atoms with Crippen molar-refractivity contribution in [3.05, 3.63) is 51.6 Å². The number of imidazole rings is 1. The highest BCUT2D eigenvalue weighted by Gasteiger charge is 2.33. The summed E-state index contributed by atoms with van der Waals surface area (Å²) < 4.78 is 40.4. The summed E-state index contributed by atoms with van der Waals surface area (Å²) in [6.07, 6.45) is -4.67. The van der Waals surface area contributed by atoms with Crippen LogP contribution >= 0.6 is 12.2 Å². The van der Waals surface area contributed by atoms with Crippen molar-refractivity contribution in [2.75, 3.05) is 0 Å². The van der Waals surface area contributed by atoms with Crippen LogP contribution in [0, 0.1) is 4.77 Å². The minimum Gasteiger partial charge on any atom is -0.477 e. The zero-order valence-corrected chi connectivity index (χ0v) is 11.7. The van der Waals surface area contributed by atoms with Gasteiger partial charge in [-0.05, 0) is 23.8 Å². The number of alkyl halides is 3. The molecule has 0 amide bonds. The number of aromatic amines is 1. The minimum atomic E-state index is -4.49. The summed E-state index contributed by atoms with van der Waals surface area (Å²) in [5.74, 6) is -1.26. The van der Waals surface area contributed by atoms with Gasteiger partial charge in [-0.1, -0.05) is 18.2 Å². The van der Waals surface area contributed by atoms with E-state index < -0.39 is 17.7 Å². The fourth-order valence-corrected chi connectivity index (χ4v) is 2.28. The molecule has 1 heterocycles. The lowest BCUT2D eigenvalue weighted by molar-refractivity contribution is -0.138. The van der Waals surface area contributed by atoms with Gasteiger partial charge in [-0.25, -0.2) is 4.79 Å². The fourth-order valence-electron chi connectivity index (χ4n) is 2.07. The minimum absolute atomic E-state index is 0.00269. The molecule has 0 saturated carbocycles. The summed E-state index contributed by atoms with van der Waals surface area (Å²) in [4.78, 5) is 13.6. The predicted octanol–water partition coefficient (Wildman–Crippen LogP) is 3.39. The van der Waals surface area contributed by atoms with Gasteiger partial charge in [0.25, 0.3) is 0 Å². The van der Waals surface area contributed by atoms with Gasteiger partial charge in [0, 0.05) is 13.5 Å². The zero-order chi connectivity index (χ0) is 15.8. The summed E-state index contributed by atoms with van der Waals surface area (Å²) in [6, 6.07) is 5.06. The van der Waals surface area contributed by atoms with Crippen LogP contribution in [0.5, 0.6) is 0 Å². The van der Waals surface area contributed by atoms with E-state index in [9.17, 15) is 18.0 Å². The summed E-state index contributed by atoms with van der Waals surface area (Å²) in [6.45, 7) is 0. The number of H-pyrrole nitrogens is 1. The number of carbonyl (C=O) groups is 1. The Balaban J connectivity index is 2.54. The Morgan fingerprint density at radius 1 is 1.38 bits per heavy atom. The van der Waals surface area contributed by atoms with Gasteiger partial charge < -0.3 is 14.7 Å². The number of carboxylic acids is 1. The molecule has 0 radical (unpaired) electrons. The van der Waals surface area contributed by atoms with Crippen LogP contribution in [0.15, 0.2) is 24.3 Å². The molecule has 21 heavy (non-hydrogen) atoms. The molecule has 0 saturated heterocycles. The van der Waals surface area contributed by atoms with E-state index >= 15 is 0 Å². The van der Waals surface area contributed by atoms with E-state index in [-0.39, 0.29) is 28.1 Å². The van der Waals surface area contributed by atoms with Crippen molar-refractivity contribution >= 4 is 18.2 Å². The molecule has 112 valence electrons. The number of hydrogen-bond acceptors (Lipinski definition) is 2.